The van der Waals surface area contributed by atoms with Crippen molar-refractivity contribution in [2.45, 2.75) is 19.9 Å². The number of benzene rings is 1. The Kier molecular flexibility index (Phi) is 4.14. The summed E-state index contributed by atoms with van der Waals surface area (Å²) in [5, 5.41) is 0. The molecule has 100 valence electrons. The summed E-state index contributed by atoms with van der Waals surface area (Å²) in [6, 6.07) is 8.13. The zero-order valence-electron chi connectivity index (χ0n) is 11.5. The van der Waals surface area contributed by atoms with E-state index < -0.39 is 0 Å². The number of aromatic nitrogens is 1. The van der Waals surface area contributed by atoms with Crippen molar-refractivity contribution >= 4 is 0 Å². The summed E-state index contributed by atoms with van der Waals surface area (Å²) < 4.78 is 5.36. The molecule has 0 fully saturated rings. The van der Waals surface area contributed by atoms with Crippen LogP contribution in [-0.4, -0.2) is 12.1 Å². The van der Waals surface area contributed by atoms with Gasteiger partial charge in [-0.05, 0) is 31.0 Å². The Balaban J connectivity index is 2.50. The van der Waals surface area contributed by atoms with Gasteiger partial charge in [-0.15, -0.1) is 0 Å². The molecule has 0 bridgehead atoms. The molecule has 4 heteroatoms. The number of nitrogens with two attached hydrogens (primary N) is 1. The summed E-state index contributed by atoms with van der Waals surface area (Å²) in [4.78, 5) is 4.07. The van der Waals surface area contributed by atoms with E-state index in [1.54, 1.807) is 19.5 Å². The third-order valence-corrected chi connectivity index (χ3v) is 3.25. The minimum atomic E-state index is -0.112. The predicted octanol–water partition coefficient (Wildman–Crippen LogP) is 2.26. The van der Waals surface area contributed by atoms with E-state index in [1.165, 1.54) is 11.1 Å². The number of hydrogen-bond acceptors (Lipinski definition) is 4. The summed E-state index contributed by atoms with van der Waals surface area (Å²) in [5.41, 5.74) is 7.41. The monoisotopic (exact) mass is 257 g/mol. The van der Waals surface area contributed by atoms with Crippen LogP contribution in [0.2, 0.25) is 0 Å². The lowest BCUT2D eigenvalue weighted by Gasteiger charge is -2.21. The van der Waals surface area contributed by atoms with Crippen molar-refractivity contribution in [3.8, 4) is 5.75 Å². The van der Waals surface area contributed by atoms with E-state index in [9.17, 15) is 0 Å². The van der Waals surface area contributed by atoms with Gasteiger partial charge in [-0.25, -0.2) is 5.43 Å². The fourth-order valence-corrected chi connectivity index (χ4v) is 2.30. The van der Waals surface area contributed by atoms with Crippen molar-refractivity contribution in [3.63, 3.8) is 0 Å². The van der Waals surface area contributed by atoms with Gasteiger partial charge < -0.3 is 4.74 Å². The number of ether oxygens (including phenoxy) is 1. The minimum Gasteiger partial charge on any atom is -0.495 e. The first kappa shape index (κ1) is 13.5. The van der Waals surface area contributed by atoms with Crippen molar-refractivity contribution in [2.24, 2.45) is 5.84 Å². The second-order valence-corrected chi connectivity index (χ2v) is 4.58. The average molecular weight is 257 g/mol. The summed E-state index contributed by atoms with van der Waals surface area (Å²) in [7, 11) is 1.64. The van der Waals surface area contributed by atoms with Crippen molar-refractivity contribution < 1.29 is 4.74 Å². The first-order valence-corrected chi connectivity index (χ1v) is 6.18. The highest BCUT2D eigenvalue weighted by molar-refractivity contribution is 5.43. The fourth-order valence-electron chi connectivity index (χ4n) is 2.30. The Morgan fingerprint density at radius 2 is 2.00 bits per heavy atom. The molecular weight excluding hydrogens is 238 g/mol. The molecule has 0 saturated heterocycles. The number of nitrogens with zero attached hydrogens (tertiary/aromatic N) is 1. The predicted molar refractivity (Wildman–Crippen MR) is 75.9 cm³/mol. The lowest BCUT2D eigenvalue weighted by atomic mass is 9.94. The zero-order chi connectivity index (χ0) is 13.8. The molecule has 2 rings (SSSR count). The van der Waals surface area contributed by atoms with Crippen LogP contribution in [0.5, 0.6) is 5.75 Å². The molecule has 1 heterocycles. The van der Waals surface area contributed by atoms with Gasteiger partial charge in [0, 0.05) is 11.8 Å². The highest BCUT2D eigenvalue weighted by atomic mass is 16.5. The van der Waals surface area contributed by atoms with Gasteiger partial charge in [0.05, 0.1) is 19.3 Å². The maximum atomic E-state index is 5.74. The molecule has 0 aliphatic rings. The molecule has 1 unspecified atom stereocenters. The number of nitrogens with one attached hydrogen (secondary N) is 1. The maximum Gasteiger partial charge on any atom is 0.142 e. The number of aryl methyl sites for hydroxylation is 2. The molecule has 0 amide bonds. The molecule has 0 saturated carbocycles. The van der Waals surface area contributed by atoms with Crippen LogP contribution in [0.1, 0.15) is 28.3 Å². The Bertz CT molecular complexity index is 569. The van der Waals surface area contributed by atoms with Crippen molar-refractivity contribution in [1.82, 2.24) is 10.4 Å². The first-order chi connectivity index (χ1) is 9.17. The molecule has 1 atom stereocenters. The highest BCUT2D eigenvalue weighted by Gasteiger charge is 2.18. The van der Waals surface area contributed by atoms with E-state index >= 15 is 0 Å². The van der Waals surface area contributed by atoms with E-state index in [2.05, 4.69) is 42.5 Å². The standard InChI is InChI=1S/C15H19N3O/c1-10-4-5-12(11(2)8-10)15(18-16)13-6-7-17-9-14(13)19-3/h4-9,15,18H,16H2,1-3H3. The molecule has 1 aromatic carbocycles. The van der Waals surface area contributed by atoms with Crippen LogP contribution < -0.4 is 16.0 Å². The van der Waals surface area contributed by atoms with Gasteiger partial charge in [0.1, 0.15) is 5.75 Å². The number of hydrazine groups is 1. The van der Waals surface area contributed by atoms with Crippen LogP contribution >= 0.6 is 0 Å². The number of hydrogen-bond donors (Lipinski definition) is 2. The molecule has 0 aliphatic carbocycles. The number of methoxy groups -OCH3 is 1. The number of pyridine rings is 1. The summed E-state index contributed by atoms with van der Waals surface area (Å²) in [6.45, 7) is 4.16. The Morgan fingerprint density at radius 3 is 2.63 bits per heavy atom. The van der Waals surface area contributed by atoms with Crippen LogP contribution in [0, 0.1) is 13.8 Å². The second-order valence-electron chi connectivity index (χ2n) is 4.58. The normalized spacial score (nSPS) is 12.2. The van der Waals surface area contributed by atoms with Crippen molar-refractivity contribution in [3.05, 3.63) is 58.9 Å². The minimum absolute atomic E-state index is 0.112. The zero-order valence-corrected chi connectivity index (χ0v) is 11.5. The second kappa shape index (κ2) is 5.82. The molecule has 0 aliphatic heterocycles. The summed E-state index contributed by atoms with van der Waals surface area (Å²) in [5.74, 6) is 6.47. The molecule has 4 nitrogen and oxygen atoms in total. The Morgan fingerprint density at radius 1 is 1.21 bits per heavy atom. The van der Waals surface area contributed by atoms with E-state index in [0.29, 0.717) is 0 Å². The molecule has 3 N–H and O–H groups in total. The van der Waals surface area contributed by atoms with E-state index in [-0.39, 0.29) is 6.04 Å². The van der Waals surface area contributed by atoms with Gasteiger partial charge in [0.15, 0.2) is 0 Å². The van der Waals surface area contributed by atoms with E-state index in [0.717, 1.165) is 16.9 Å². The largest absolute Gasteiger partial charge is 0.495 e. The van der Waals surface area contributed by atoms with Crippen LogP contribution in [0.3, 0.4) is 0 Å². The van der Waals surface area contributed by atoms with Crippen LogP contribution in [0.25, 0.3) is 0 Å². The van der Waals surface area contributed by atoms with Gasteiger partial charge in [-0.1, -0.05) is 23.8 Å². The van der Waals surface area contributed by atoms with E-state index in [1.807, 2.05) is 6.07 Å². The lowest BCUT2D eigenvalue weighted by molar-refractivity contribution is 0.402. The van der Waals surface area contributed by atoms with Crippen LogP contribution in [-0.2, 0) is 0 Å². The van der Waals surface area contributed by atoms with Crippen LogP contribution in [0.4, 0.5) is 0 Å². The maximum absolute atomic E-state index is 5.74. The lowest BCUT2D eigenvalue weighted by Crippen LogP contribution is -2.29. The highest BCUT2D eigenvalue weighted by Crippen LogP contribution is 2.30. The summed E-state index contributed by atoms with van der Waals surface area (Å²) in [6.07, 6.45) is 3.44. The quantitative estimate of drug-likeness (QED) is 0.651. The van der Waals surface area contributed by atoms with Crippen LogP contribution in [0.15, 0.2) is 36.7 Å². The molecular formula is C15H19N3O. The SMILES string of the molecule is COc1cnccc1C(NN)c1ccc(C)cc1C. The van der Waals surface area contributed by atoms with Crippen molar-refractivity contribution in [2.75, 3.05) is 7.11 Å². The Hall–Kier alpha value is -1.91. The van der Waals surface area contributed by atoms with Gasteiger partial charge in [-0.2, -0.15) is 0 Å². The summed E-state index contributed by atoms with van der Waals surface area (Å²) >= 11 is 0. The molecule has 1 aromatic heterocycles. The topological polar surface area (TPSA) is 60.2 Å². The average Bonchev–Trinajstić information content (AvgIpc) is 2.42. The smallest absolute Gasteiger partial charge is 0.142 e. The van der Waals surface area contributed by atoms with Crippen molar-refractivity contribution in [1.29, 1.82) is 0 Å². The number of rotatable bonds is 4. The van der Waals surface area contributed by atoms with Gasteiger partial charge >= 0.3 is 0 Å². The Labute approximate surface area is 113 Å². The van der Waals surface area contributed by atoms with Gasteiger partial charge in [-0.3, -0.25) is 10.8 Å². The molecule has 2 aromatic rings. The van der Waals surface area contributed by atoms with E-state index in [4.69, 9.17) is 10.6 Å². The third-order valence-electron chi connectivity index (χ3n) is 3.25. The molecule has 0 radical (unpaired) electrons. The third kappa shape index (κ3) is 2.75. The van der Waals surface area contributed by atoms with Gasteiger partial charge in [0.2, 0.25) is 0 Å². The first-order valence-electron chi connectivity index (χ1n) is 6.18. The fraction of sp³-hybridized carbons (Fsp3) is 0.267. The molecule has 19 heavy (non-hydrogen) atoms. The van der Waals surface area contributed by atoms with Gasteiger partial charge in [0.25, 0.3) is 0 Å². The molecule has 0 spiro atoms.